The topological polar surface area (TPSA) is 41.5 Å². The molecule has 0 radical (unpaired) electrons. The number of nitrogens with zero attached hydrogens (tertiary/aromatic N) is 1. The van der Waals surface area contributed by atoms with Gasteiger partial charge in [-0.05, 0) is 24.0 Å². The summed E-state index contributed by atoms with van der Waals surface area (Å²) in [5, 5.41) is 3.67. The van der Waals surface area contributed by atoms with Crippen molar-refractivity contribution in [2.24, 2.45) is 5.10 Å². The van der Waals surface area contributed by atoms with Gasteiger partial charge in [-0.15, -0.1) is 11.8 Å². The number of nitrogens with one attached hydrogen (secondary N) is 1. The molecule has 0 unspecified atom stereocenters. The average Bonchev–Trinajstić information content (AvgIpc) is 2.19. The number of thioether (sulfide) groups is 1. The summed E-state index contributed by atoms with van der Waals surface area (Å²) in [7, 11) is 0. The van der Waals surface area contributed by atoms with Crippen molar-refractivity contribution in [1.82, 2.24) is 5.43 Å². The third-order valence-electron chi connectivity index (χ3n) is 1.46. The quantitative estimate of drug-likeness (QED) is 0.341. The molecule has 68 valence electrons. The average molecular weight is 194 g/mol. The number of hydrogen-bond donors (Lipinski definition) is 1. The van der Waals surface area contributed by atoms with Gasteiger partial charge in [0, 0.05) is 4.90 Å². The SMILES string of the molecule is CSc1ccc(C=NNC=O)cc1. The molecule has 1 N–H and O–H groups in total. The molecule has 0 bridgehead atoms. The summed E-state index contributed by atoms with van der Waals surface area (Å²) in [6, 6.07) is 7.91. The maximum Gasteiger partial charge on any atom is 0.227 e. The second kappa shape index (κ2) is 5.37. The summed E-state index contributed by atoms with van der Waals surface area (Å²) in [5.41, 5.74) is 3.17. The Bertz CT molecular complexity index is 295. The largest absolute Gasteiger partial charge is 0.277 e. The van der Waals surface area contributed by atoms with Crippen molar-refractivity contribution in [2.45, 2.75) is 4.90 Å². The van der Waals surface area contributed by atoms with Gasteiger partial charge in [0.15, 0.2) is 0 Å². The highest BCUT2D eigenvalue weighted by Crippen LogP contribution is 2.13. The van der Waals surface area contributed by atoms with Crippen molar-refractivity contribution in [3.05, 3.63) is 29.8 Å². The molecule has 1 amide bonds. The van der Waals surface area contributed by atoms with Gasteiger partial charge >= 0.3 is 0 Å². The Morgan fingerprint density at radius 1 is 1.38 bits per heavy atom. The number of benzene rings is 1. The second-order valence-electron chi connectivity index (χ2n) is 2.28. The van der Waals surface area contributed by atoms with Crippen LogP contribution in [-0.4, -0.2) is 18.9 Å². The van der Waals surface area contributed by atoms with E-state index >= 15 is 0 Å². The molecule has 0 atom stereocenters. The lowest BCUT2D eigenvalue weighted by atomic mass is 10.2. The molecule has 0 aliphatic heterocycles. The Morgan fingerprint density at radius 3 is 2.62 bits per heavy atom. The maximum absolute atomic E-state index is 9.87. The Morgan fingerprint density at radius 2 is 2.08 bits per heavy atom. The third-order valence-corrected chi connectivity index (χ3v) is 2.20. The van der Waals surface area contributed by atoms with Crippen molar-refractivity contribution in [2.75, 3.05) is 6.26 Å². The molecule has 0 fully saturated rings. The van der Waals surface area contributed by atoms with Gasteiger partial charge in [0.2, 0.25) is 6.41 Å². The summed E-state index contributed by atoms with van der Waals surface area (Å²) in [4.78, 5) is 11.1. The van der Waals surface area contributed by atoms with Gasteiger partial charge in [0.1, 0.15) is 0 Å². The van der Waals surface area contributed by atoms with Crippen molar-refractivity contribution in [3.63, 3.8) is 0 Å². The maximum atomic E-state index is 9.87. The molecule has 0 heterocycles. The zero-order valence-corrected chi connectivity index (χ0v) is 8.04. The van der Waals surface area contributed by atoms with Crippen LogP contribution in [0.2, 0.25) is 0 Å². The Hall–Kier alpha value is -1.29. The molecule has 0 saturated carbocycles. The number of carbonyl (C=O) groups excluding carboxylic acids is 1. The molecular weight excluding hydrogens is 184 g/mol. The van der Waals surface area contributed by atoms with Crippen molar-refractivity contribution in [1.29, 1.82) is 0 Å². The highest BCUT2D eigenvalue weighted by atomic mass is 32.2. The summed E-state index contributed by atoms with van der Waals surface area (Å²) in [6.07, 6.45) is 4.16. The van der Waals surface area contributed by atoms with Crippen molar-refractivity contribution in [3.8, 4) is 0 Å². The highest BCUT2D eigenvalue weighted by Gasteiger charge is 1.89. The van der Waals surface area contributed by atoms with Gasteiger partial charge in [-0.2, -0.15) is 5.10 Å². The van der Waals surface area contributed by atoms with E-state index in [4.69, 9.17) is 0 Å². The molecular formula is C9H10N2OS. The van der Waals surface area contributed by atoms with E-state index in [0.717, 1.165) is 5.56 Å². The normalized spacial score (nSPS) is 10.2. The summed E-state index contributed by atoms with van der Waals surface area (Å²) in [6.45, 7) is 0. The fourth-order valence-corrected chi connectivity index (χ4v) is 1.24. The van der Waals surface area contributed by atoms with Gasteiger partial charge in [-0.3, -0.25) is 4.79 Å². The van der Waals surface area contributed by atoms with Crippen molar-refractivity contribution >= 4 is 24.4 Å². The summed E-state index contributed by atoms with van der Waals surface area (Å²) in [5.74, 6) is 0. The molecule has 1 rings (SSSR count). The van der Waals surface area contributed by atoms with Crippen LogP contribution < -0.4 is 5.43 Å². The van der Waals surface area contributed by atoms with E-state index in [0.29, 0.717) is 6.41 Å². The van der Waals surface area contributed by atoms with Gasteiger partial charge in [0.25, 0.3) is 0 Å². The summed E-state index contributed by atoms with van der Waals surface area (Å²) >= 11 is 1.69. The van der Waals surface area contributed by atoms with Crippen LogP contribution in [0.4, 0.5) is 0 Å². The van der Waals surface area contributed by atoms with Crippen LogP contribution in [0.5, 0.6) is 0 Å². The lowest BCUT2D eigenvalue weighted by Gasteiger charge is -1.95. The molecule has 0 spiro atoms. The fourth-order valence-electron chi connectivity index (χ4n) is 0.832. The number of carbonyl (C=O) groups is 1. The first-order valence-corrected chi connectivity index (χ1v) is 4.95. The molecule has 0 aliphatic carbocycles. The molecule has 13 heavy (non-hydrogen) atoms. The highest BCUT2D eigenvalue weighted by molar-refractivity contribution is 7.98. The van der Waals surface area contributed by atoms with Gasteiger partial charge in [-0.25, -0.2) is 5.43 Å². The molecule has 1 aromatic rings. The van der Waals surface area contributed by atoms with Crippen LogP contribution in [0.1, 0.15) is 5.56 Å². The van der Waals surface area contributed by atoms with Gasteiger partial charge < -0.3 is 0 Å². The van der Waals surface area contributed by atoms with Crippen LogP contribution in [-0.2, 0) is 4.79 Å². The van der Waals surface area contributed by atoms with Gasteiger partial charge in [-0.1, -0.05) is 12.1 Å². The van der Waals surface area contributed by atoms with Crippen LogP contribution in [0.25, 0.3) is 0 Å². The molecule has 0 aliphatic rings. The Kier molecular flexibility index (Phi) is 4.05. The molecule has 4 heteroatoms. The minimum absolute atomic E-state index is 0.534. The van der Waals surface area contributed by atoms with Crippen LogP contribution in [0.15, 0.2) is 34.3 Å². The number of rotatable bonds is 4. The summed E-state index contributed by atoms with van der Waals surface area (Å²) < 4.78 is 0. The van der Waals surface area contributed by atoms with Crippen LogP contribution in [0, 0.1) is 0 Å². The number of amides is 1. The van der Waals surface area contributed by atoms with E-state index in [-0.39, 0.29) is 0 Å². The van der Waals surface area contributed by atoms with E-state index in [1.165, 1.54) is 4.90 Å². The fraction of sp³-hybridized carbons (Fsp3) is 0.111. The van der Waals surface area contributed by atoms with E-state index in [1.807, 2.05) is 30.5 Å². The van der Waals surface area contributed by atoms with E-state index in [1.54, 1.807) is 18.0 Å². The first kappa shape index (κ1) is 9.80. The first-order chi connectivity index (χ1) is 6.36. The van der Waals surface area contributed by atoms with E-state index in [2.05, 4.69) is 10.5 Å². The van der Waals surface area contributed by atoms with Crippen molar-refractivity contribution < 1.29 is 4.79 Å². The van der Waals surface area contributed by atoms with Gasteiger partial charge in [0.05, 0.1) is 6.21 Å². The first-order valence-electron chi connectivity index (χ1n) is 3.73. The van der Waals surface area contributed by atoms with Crippen LogP contribution >= 0.6 is 11.8 Å². The van der Waals surface area contributed by atoms with Crippen LogP contribution in [0.3, 0.4) is 0 Å². The minimum Gasteiger partial charge on any atom is -0.277 e. The van der Waals surface area contributed by atoms with E-state index in [9.17, 15) is 4.79 Å². The minimum atomic E-state index is 0.534. The lowest BCUT2D eigenvalue weighted by molar-refractivity contribution is -0.109. The third kappa shape index (κ3) is 3.29. The number of hydrogen-bond acceptors (Lipinski definition) is 3. The second-order valence-corrected chi connectivity index (χ2v) is 3.16. The standard InChI is InChI=1S/C9H10N2OS/c1-13-9-4-2-8(3-5-9)6-10-11-7-12/h2-7H,1H3,(H,11,12). The predicted molar refractivity (Wildman–Crippen MR) is 55.0 cm³/mol. The molecule has 1 aromatic carbocycles. The number of hydrazone groups is 1. The Balaban J connectivity index is 2.63. The predicted octanol–water partition coefficient (Wildman–Crippen LogP) is 1.49. The van der Waals surface area contributed by atoms with E-state index < -0.39 is 0 Å². The zero-order chi connectivity index (χ0) is 9.52. The monoisotopic (exact) mass is 194 g/mol. The molecule has 0 aromatic heterocycles. The lowest BCUT2D eigenvalue weighted by Crippen LogP contribution is -2.00. The molecule has 3 nitrogen and oxygen atoms in total. The zero-order valence-electron chi connectivity index (χ0n) is 7.23. The Labute approximate surface area is 81.2 Å². The smallest absolute Gasteiger partial charge is 0.227 e. The molecule has 0 saturated heterocycles.